The molecule has 15 heavy (non-hydrogen) atoms. The Morgan fingerprint density at radius 1 is 1.27 bits per heavy atom. The summed E-state index contributed by atoms with van der Waals surface area (Å²) in [4.78, 5) is 3.99. The quantitative estimate of drug-likeness (QED) is 0.891. The van der Waals surface area contributed by atoms with Gasteiger partial charge in [-0.25, -0.2) is 0 Å². The molecule has 0 saturated carbocycles. The molecule has 0 radical (unpaired) electrons. The van der Waals surface area contributed by atoms with E-state index >= 15 is 0 Å². The predicted molar refractivity (Wildman–Crippen MR) is 62.4 cm³/mol. The molecule has 84 valence electrons. The molecule has 0 saturated heterocycles. The lowest BCUT2D eigenvalue weighted by molar-refractivity contribution is 0.509. The van der Waals surface area contributed by atoms with Gasteiger partial charge in [-0.15, -0.1) is 10.2 Å². The molecule has 0 aliphatic rings. The van der Waals surface area contributed by atoms with Crippen LogP contribution < -0.4 is 5.32 Å². The molecule has 0 fully saturated rings. The molecule has 6 heteroatoms. The monoisotopic (exact) mass is 248 g/mol. The topological polar surface area (TPSA) is 50.7 Å². The first kappa shape index (κ1) is 12.5. The van der Waals surface area contributed by atoms with Crippen molar-refractivity contribution < 1.29 is 0 Å². The summed E-state index contributed by atoms with van der Waals surface area (Å²) in [7, 11) is 0. The van der Waals surface area contributed by atoms with Crippen molar-refractivity contribution in [3.05, 3.63) is 10.4 Å². The Bertz CT molecular complexity index is 330. The highest BCUT2D eigenvalue weighted by Gasteiger charge is 2.14. The summed E-state index contributed by atoms with van der Waals surface area (Å²) in [6.45, 7) is 6.36. The summed E-state index contributed by atoms with van der Waals surface area (Å²) >= 11 is 11.5. The van der Waals surface area contributed by atoms with Crippen molar-refractivity contribution in [1.29, 1.82) is 0 Å². The van der Waals surface area contributed by atoms with Gasteiger partial charge >= 0.3 is 0 Å². The normalized spacial score (nSPS) is 12.9. The maximum absolute atomic E-state index is 5.84. The zero-order valence-electron chi connectivity index (χ0n) is 8.96. The summed E-state index contributed by atoms with van der Waals surface area (Å²) in [5, 5.41) is 10.8. The molecule has 0 spiro atoms. The Hall–Kier alpha value is -0.610. The summed E-state index contributed by atoms with van der Waals surface area (Å²) in [6, 6.07) is 0.301. The molecule has 0 aromatic carbocycles. The summed E-state index contributed by atoms with van der Waals surface area (Å²) in [5.41, 5.74) is 0. The predicted octanol–water partition coefficient (Wildman–Crippen LogP) is 3.02. The molecule has 1 aromatic rings. The van der Waals surface area contributed by atoms with E-state index in [1.165, 1.54) is 0 Å². The summed E-state index contributed by atoms with van der Waals surface area (Å²) < 4.78 is 0. The number of nitrogens with zero attached hydrogens (tertiary/aromatic N) is 3. The van der Waals surface area contributed by atoms with Crippen molar-refractivity contribution in [1.82, 2.24) is 15.2 Å². The van der Waals surface area contributed by atoms with Gasteiger partial charge < -0.3 is 5.32 Å². The van der Waals surface area contributed by atoms with Crippen LogP contribution in [-0.2, 0) is 0 Å². The van der Waals surface area contributed by atoms with Crippen LogP contribution in [0.1, 0.15) is 27.2 Å². The molecular formula is C9H14Cl2N4. The molecule has 0 amide bonds. The van der Waals surface area contributed by atoms with Crippen molar-refractivity contribution >= 4 is 29.0 Å². The van der Waals surface area contributed by atoms with Crippen molar-refractivity contribution in [2.75, 3.05) is 5.32 Å². The first-order chi connectivity index (χ1) is 7.04. The van der Waals surface area contributed by atoms with E-state index in [0.29, 0.717) is 17.8 Å². The van der Waals surface area contributed by atoms with Crippen LogP contribution in [0.15, 0.2) is 0 Å². The highest BCUT2D eigenvalue weighted by molar-refractivity contribution is 6.32. The lowest BCUT2D eigenvalue weighted by atomic mass is 10.0. The van der Waals surface area contributed by atoms with Gasteiger partial charge in [-0.3, -0.25) is 0 Å². The van der Waals surface area contributed by atoms with Gasteiger partial charge in [0.2, 0.25) is 5.28 Å². The lowest BCUT2D eigenvalue weighted by Crippen LogP contribution is -2.25. The van der Waals surface area contributed by atoms with Gasteiger partial charge in [-0.05, 0) is 23.9 Å². The Morgan fingerprint density at radius 2 is 1.93 bits per heavy atom. The summed E-state index contributed by atoms with van der Waals surface area (Å²) in [6.07, 6.45) is 0.982. The second-order valence-corrected chi connectivity index (χ2v) is 4.32. The van der Waals surface area contributed by atoms with E-state index < -0.39 is 0 Å². The highest BCUT2D eigenvalue weighted by atomic mass is 35.5. The minimum absolute atomic E-state index is 0.0977. The SMILES string of the molecule is CCC(Nc1nc(Cl)nnc1Cl)C(C)C. The maximum atomic E-state index is 5.84. The van der Waals surface area contributed by atoms with Crippen LogP contribution >= 0.6 is 23.2 Å². The fraction of sp³-hybridized carbons (Fsp3) is 0.667. The van der Waals surface area contributed by atoms with E-state index in [2.05, 4.69) is 41.3 Å². The van der Waals surface area contributed by atoms with E-state index in [-0.39, 0.29) is 10.4 Å². The molecule has 1 rings (SSSR count). The molecule has 1 unspecified atom stereocenters. The van der Waals surface area contributed by atoms with Gasteiger partial charge in [-0.2, -0.15) is 4.98 Å². The third-order valence-corrected chi connectivity index (χ3v) is 2.60. The summed E-state index contributed by atoms with van der Waals surface area (Å²) in [5.74, 6) is 0.983. The zero-order chi connectivity index (χ0) is 11.4. The number of halogens is 2. The first-order valence-electron chi connectivity index (χ1n) is 4.86. The van der Waals surface area contributed by atoms with Crippen LogP contribution in [0.4, 0.5) is 5.82 Å². The van der Waals surface area contributed by atoms with Gasteiger partial charge in [0.05, 0.1) is 0 Å². The highest BCUT2D eigenvalue weighted by Crippen LogP contribution is 2.20. The molecular weight excluding hydrogens is 235 g/mol. The zero-order valence-corrected chi connectivity index (χ0v) is 10.5. The van der Waals surface area contributed by atoms with Crippen LogP contribution in [0.5, 0.6) is 0 Å². The molecule has 1 N–H and O–H groups in total. The van der Waals surface area contributed by atoms with Crippen LogP contribution in [0.2, 0.25) is 10.4 Å². The number of nitrogens with one attached hydrogen (secondary N) is 1. The number of hydrogen-bond donors (Lipinski definition) is 1. The molecule has 0 aliphatic carbocycles. The van der Waals surface area contributed by atoms with E-state index in [1.54, 1.807) is 0 Å². The number of rotatable bonds is 4. The van der Waals surface area contributed by atoms with Crippen molar-refractivity contribution in [3.63, 3.8) is 0 Å². The minimum Gasteiger partial charge on any atom is -0.364 e. The molecule has 1 heterocycles. The van der Waals surface area contributed by atoms with Crippen LogP contribution in [0.25, 0.3) is 0 Å². The standard InChI is InChI=1S/C9H14Cl2N4/c1-4-6(5(2)3)12-8-7(10)14-15-9(11)13-8/h5-6H,4H2,1-3H3,(H,12,13,15). The van der Waals surface area contributed by atoms with Crippen molar-refractivity contribution in [3.8, 4) is 0 Å². The first-order valence-corrected chi connectivity index (χ1v) is 5.62. The Morgan fingerprint density at radius 3 is 2.47 bits per heavy atom. The van der Waals surface area contributed by atoms with Crippen LogP contribution in [0, 0.1) is 5.92 Å². The van der Waals surface area contributed by atoms with Gasteiger partial charge in [0.1, 0.15) is 0 Å². The minimum atomic E-state index is 0.0977. The van der Waals surface area contributed by atoms with Crippen LogP contribution in [-0.4, -0.2) is 21.2 Å². The fourth-order valence-corrected chi connectivity index (χ4v) is 1.56. The molecule has 1 atom stereocenters. The third kappa shape index (κ3) is 3.47. The average Bonchev–Trinajstić information content (AvgIpc) is 2.18. The van der Waals surface area contributed by atoms with E-state index in [1.807, 2.05) is 0 Å². The number of hydrogen-bond acceptors (Lipinski definition) is 4. The van der Waals surface area contributed by atoms with Gasteiger partial charge in [0.15, 0.2) is 11.0 Å². The van der Waals surface area contributed by atoms with Crippen molar-refractivity contribution in [2.45, 2.75) is 33.2 Å². The van der Waals surface area contributed by atoms with Gasteiger partial charge in [0.25, 0.3) is 0 Å². The Labute approximate surface area is 99.4 Å². The van der Waals surface area contributed by atoms with E-state index in [4.69, 9.17) is 23.2 Å². The average molecular weight is 249 g/mol. The van der Waals surface area contributed by atoms with Gasteiger partial charge in [-0.1, -0.05) is 32.4 Å². The smallest absolute Gasteiger partial charge is 0.245 e. The molecule has 1 aromatic heterocycles. The maximum Gasteiger partial charge on any atom is 0.245 e. The van der Waals surface area contributed by atoms with Crippen LogP contribution in [0.3, 0.4) is 0 Å². The largest absolute Gasteiger partial charge is 0.364 e. The molecule has 0 bridgehead atoms. The second-order valence-electron chi connectivity index (χ2n) is 3.62. The fourth-order valence-electron chi connectivity index (χ4n) is 1.30. The van der Waals surface area contributed by atoms with E-state index in [0.717, 1.165) is 6.42 Å². The van der Waals surface area contributed by atoms with E-state index in [9.17, 15) is 0 Å². The van der Waals surface area contributed by atoms with Crippen molar-refractivity contribution in [2.24, 2.45) is 5.92 Å². The number of aromatic nitrogens is 3. The number of anilines is 1. The molecule has 4 nitrogen and oxygen atoms in total. The van der Waals surface area contributed by atoms with Gasteiger partial charge in [0, 0.05) is 6.04 Å². The lowest BCUT2D eigenvalue weighted by Gasteiger charge is -2.21. The Kier molecular flexibility index (Phi) is 4.54. The molecule has 0 aliphatic heterocycles. The Balaban J connectivity index is 2.82. The second kappa shape index (κ2) is 5.47. The third-order valence-electron chi connectivity index (χ3n) is 2.19.